The molecule has 0 aliphatic carbocycles. The van der Waals surface area contributed by atoms with Crippen LogP contribution in [-0.2, 0) is 21.6 Å². The van der Waals surface area contributed by atoms with Gasteiger partial charge in [0.15, 0.2) is 0 Å². The van der Waals surface area contributed by atoms with Crippen molar-refractivity contribution in [2.45, 2.75) is 25.9 Å². The summed E-state index contributed by atoms with van der Waals surface area (Å²) in [6, 6.07) is 11.9. The molecule has 0 aliphatic heterocycles. The zero-order chi connectivity index (χ0) is 15.1. The summed E-state index contributed by atoms with van der Waals surface area (Å²) < 4.78 is 5.43. The molecular weight excluding hydrogens is 282 g/mol. The topological polar surface area (TPSA) is 38.3 Å². The normalized spacial score (nSPS) is 11.3. The number of hydrogen-bond acceptors (Lipinski definition) is 3. The Bertz CT molecular complexity index is 549. The summed E-state index contributed by atoms with van der Waals surface area (Å²) in [5, 5.41) is 7.12. The molecule has 0 radical (unpaired) electrons. The molecule has 112 valence electrons. The summed E-state index contributed by atoms with van der Waals surface area (Å²) in [6.45, 7) is 5.41. The molecule has 0 atom stereocenters. The van der Waals surface area contributed by atoms with Gasteiger partial charge < -0.3 is 10.1 Å². The van der Waals surface area contributed by atoms with Crippen LogP contribution in [0, 0.1) is 0 Å². The summed E-state index contributed by atoms with van der Waals surface area (Å²) in [7, 11) is 0. The first-order valence-electron chi connectivity index (χ1n) is 6.99. The van der Waals surface area contributed by atoms with E-state index in [2.05, 4.69) is 36.0 Å². The molecule has 2 rings (SSSR count). The van der Waals surface area contributed by atoms with Gasteiger partial charge in [0.05, 0.1) is 6.61 Å². The minimum Gasteiger partial charge on any atom is -0.367 e. The summed E-state index contributed by atoms with van der Waals surface area (Å²) >= 11 is 1.67. The van der Waals surface area contributed by atoms with Crippen molar-refractivity contribution in [3.63, 3.8) is 0 Å². The van der Waals surface area contributed by atoms with E-state index in [0.717, 1.165) is 5.56 Å². The van der Waals surface area contributed by atoms with Crippen LogP contribution in [-0.4, -0.2) is 19.1 Å². The fourth-order valence-corrected chi connectivity index (χ4v) is 2.81. The van der Waals surface area contributed by atoms with Gasteiger partial charge in [0.1, 0.15) is 6.61 Å². The third-order valence-electron chi connectivity index (χ3n) is 3.37. The number of benzene rings is 1. The maximum atomic E-state index is 11.8. The van der Waals surface area contributed by atoms with Crippen molar-refractivity contribution in [2.24, 2.45) is 0 Å². The van der Waals surface area contributed by atoms with Crippen molar-refractivity contribution in [3.8, 4) is 0 Å². The molecule has 0 unspecified atom stereocenters. The third-order valence-corrected chi connectivity index (χ3v) is 4.06. The third kappa shape index (κ3) is 4.99. The number of carbonyl (C=O) groups is 1. The molecule has 1 aromatic heterocycles. The van der Waals surface area contributed by atoms with Gasteiger partial charge in [-0.25, -0.2) is 0 Å². The summed E-state index contributed by atoms with van der Waals surface area (Å²) in [4.78, 5) is 11.8. The second-order valence-electron chi connectivity index (χ2n) is 5.65. The molecule has 1 N–H and O–H groups in total. The van der Waals surface area contributed by atoms with Crippen LogP contribution >= 0.6 is 11.3 Å². The quantitative estimate of drug-likeness (QED) is 0.852. The second-order valence-corrected chi connectivity index (χ2v) is 6.43. The Morgan fingerprint density at radius 1 is 1.24 bits per heavy atom. The first kappa shape index (κ1) is 15.7. The lowest BCUT2D eigenvalue weighted by molar-refractivity contribution is -0.126. The van der Waals surface area contributed by atoms with E-state index in [-0.39, 0.29) is 17.9 Å². The van der Waals surface area contributed by atoms with E-state index in [9.17, 15) is 4.79 Å². The molecule has 21 heavy (non-hydrogen) atoms. The molecule has 0 saturated carbocycles. The van der Waals surface area contributed by atoms with Gasteiger partial charge in [-0.3, -0.25) is 4.79 Å². The molecule has 0 aliphatic rings. The van der Waals surface area contributed by atoms with Crippen LogP contribution in [0.25, 0.3) is 0 Å². The van der Waals surface area contributed by atoms with Gasteiger partial charge in [0.25, 0.3) is 0 Å². The minimum atomic E-state index is -0.0748. The minimum absolute atomic E-state index is 0.0604. The first-order valence-corrected chi connectivity index (χ1v) is 7.93. The molecule has 1 amide bonds. The molecule has 1 heterocycles. The number of amides is 1. The summed E-state index contributed by atoms with van der Waals surface area (Å²) in [5.41, 5.74) is 2.26. The number of ether oxygens (including phenoxy) is 1. The van der Waals surface area contributed by atoms with Gasteiger partial charge in [-0.15, -0.1) is 0 Å². The number of thiophene rings is 1. The van der Waals surface area contributed by atoms with Crippen molar-refractivity contribution >= 4 is 17.2 Å². The zero-order valence-electron chi connectivity index (χ0n) is 12.5. The molecule has 0 bridgehead atoms. The highest BCUT2D eigenvalue weighted by Crippen LogP contribution is 2.24. The molecule has 3 nitrogen and oxygen atoms in total. The Morgan fingerprint density at radius 2 is 2.00 bits per heavy atom. The van der Waals surface area contributed by atoms with Gasteiger partial charge in [0.2, 0.25) is 5.91 Å². The Hall–Kier alpha value is -1.65. The largest absolute Gasteiger partial charge is 0.367 e. The lowest BCUT2D eigenvalue weighted by atomic mass is 9.86. The Balaban J connectivity index is 1.70. The lowest BCUT2D eigenvalue weighted by Gasteiger charge is -2.24. The van der Waals surface area contributed by atoms with Crippen LogP contribution in [0.4, 0.5) is 0 Å². The van der Waals surface area contributed by atoms with Crippen molar-refractivity contribution in [1.82, 2.24) is 5.32 Å². The lowest BCUT2D eigenvalue weighted by Crippen LogP contribution is -2.38. The number of rotatable bonds is 7. The molecule has 4 heteroatoms. The van der Waals surface area contributed by atoms with E-state index < -0.39 is 0 Å². The molecule has 1 aromatic carbocycles. The van der Waals surface area contributed by atoms with Crippen LogP contribution in [0.1, 0.15) is 25.0 Å². The van der Waals surface area contributed by atoms with Crippen LogP contribution < -0.4 is 5.32 Å². The van der Waals surface area contributed by atoms with Crippen molar-refractivity contribution in [3.05, 3.63) is 58.3 Å². The van der Waals surface area contributed by atoms with E-state index in [1.54, 1.807) is 11.3 Å². The molecule has 0 spiro atoms. The van der Waals surface area contributed by atoms with Crippen molar-refractivity contribution in [1.29, 1.82) is 0 Å². The van der Waals surface area contributed by atoms with E-state index in [1.165, 1.54) is 5.56 Å². The maximum absolute atomic E-state index is 11.8. The number of hydrogen-bond donors (Lipinski definition) is 1. The molecule has 2 aromatic rings. The fraction of sp³-hybridized carbons (Fsp3) is 0.353. The highest BCUT2D eigenvalue weighted by atomic mass is 32.1. The second kappa shape index (κ2) is 7.38. The van der Waals surface area contributed by atoms with Crippen LogP contribution in [0.15, 0.2) is 47.2 Å². The Kier molecular flexibility index (Phi) is 5.53. The fourth-order valence-electron chi connectivity index (χ4n) is 1.96. The number of carbonyl (C=O) groups excluding carboxylic acids is 1. The predicted octanol–water partition coefficient (Wildman–Crippen LogP) is 3.36. The van der Waals surface area contributed by atoms with Gasteiger partial charge in [-0.2, -0.15) is 11.3 Å². The van der Waals surface area contributed by atoms with Gasteiger partial charge >= 0.3 is 0 Å². The van der Waals surface area contributed by atoms with E-state index in [4.69, 9.17) is 4.74 Å². The monoisotopic (exact) mass is 303 g/mol. The van der Waals surface area contributed by atoms with E-state index >= 15 is 0 Å². The Labute approximate surface area is 130 Å². The van der Waals surface area contributed by atoms with Crippen molar-refractivity contribution < 1.29 is 9.53 Å². The average Bonchev–Trinajstić information content (AvgIpc) is 3.01. The average molecular weight is 303 g/mol. The van der Waals surface area contributed by atoms with Crippen LogP contribution in [0.3, 0.4) is 0 Å². The van der Waals surface area contributed by atoms with Gasteiger partial charge in [0, 0.05) is 12.0 Å². The maximum Gasteiger partial charge on any atom is 0.246 e. The smallest absolute Gasteiger partial charge is 0.246 e. The number of nitrogens with one attached hydrogen (secondary N) is 1. The predicted molar refractivity (Wildman–Crippen MR) is 86.5 cm³/mol. The molecule has 0 saturated heterocycles. The van der Waals surface area contributed by atoms with Crippen LogP contribution in [0.5, 0.6) is 0 Å². The van der Waals surface area contributed by atoms with Crippen LogP contribution in [0.2, 0.25) is 0 Å². The highest BCUT2D eigenvalue weighted by molar-refractivity contribution is 7.08. The van der Waals surface area contributed by atoms with Crippen molar-refractivity contribution in [2.75, 3.05) is 13.2 Å². The molecule has 0 fully saturated rings. The van der Waals surface area contributed by atoms with E-state index in [0.29, 0.717) is 13.2 Å². The SMILES string of the molecule is CC(C)(CNC(=O)COCc1ccccc1)c1ccsc1. The Morgan fingerprint density at radius 3 is 2.67 bits per heavy atom. The van der Waals surface area contributed by atoms with E-state index in [1.807, 2.05) is 30.3 Å². The zero-order valence-corrected chi connectivity index (χ0v) is 13.3. The summed E-state index contributed by atoms with van der Waals surface area (Å²) in [5.74, 6) is -0.0748. The summed E-state index contributed by atoms with van der Waals surface area (Å²) in [6.07, 6.45) is 0. The highest BCUT2D eigenvalue weighted by Gasteiger charge is 2.21. The van der Waals surface area contributed by atoms with Gasteiger partial charge in [-0.05, 0) is 28.0 Å². The molecular formula is C17H21NO2S. The standard InChI is InChI=1S/C17H21NO2S/c1-17(2,15-8-9-21-12-15)13-18-16(19)11-20-10-14-6-4-3-5-7-14/h3-9,12H,10-11,13H2,1-2H3,(H,18,19). The first-order chi connectivity index (χ1) is 10.1. The van der Waals surface area contributed by atoms with Gasteiger partial charge in [-0.1, -0.05) is 44.2 Å².